The molecule has 0 aliphatic carbocycles. The summed E-state index contributed by atoms with van der Waals surface area (Å²) in [4.78, 5) is 0. The van der Waals surface area contributed by atoms with Gasteiger partial charge in [-0.3, -0.25) is 0 Å². The zero-order valence-corrected chi connectivity index (χ0v) is 19.4. The Labute approximate surface area is 209 Å². The Hall–Kier alpha value is -0.680. The Morgan fingerprint density at radius 2 is 0.730 bits per heavy atom. The monoisotopic (exact) mass is 546 g/mol. The third kappa shape index (κ3) is 6.23. The van der Waals surface area contributed by atoms with Crippen molar-refractivity contribution in [3.63, 3.8) is 0 Å². The number of ether oxygens (including phenoxy) is 7. The summed E-state index contributed by atoms with van der Waals surface area (Å²) in [6.07, 6.45) is -24.0. The number of aliphatic hydroxyl groups is 10. The standard InChI is InChI=1S/C20H34O17/c21-5-1-32-18(14(27)9(5)22)36-7-3-34-20(16(29)11(7)24)37-8-4-33-19(15(28)12(8)25)35-6-2-31-17(30)13(26)10(6)23/h5-30H,1-4H2/t5-,6-,7-,8-,9+,10+,11+,12+,13?,14?,15?,16?,17-,18+,19+,20-/m1/s1. The molecule has 0 radical (unpaired) electrons. The third-order valence-electron chi connectivity index (χ3n) is 6.70. The normalized spacial score (nSPS) is 53.7. The first-order valence-corrected chi connectivity index (χ1v) is 11.7. The van der Waals surface area contributed by atoms with Gasteiger partial charge < -0.3 is 84.2 Å². The fraction of sp³-hybridized carbons (Fsp3) is 1.00. The van der Waals surface area contributed by atoms with Crippen molar-refractivity contribution in [1.82, 2.24) is 0 Å². The highest BCUT2D eigenvalue weighted by atomic mass is 16.8. The van der Waals surface area contributed by atoms with E-state index in [2.05, 4.69) is 0 Å². The molecule has 17 heteroatoms. The molecule has 10 N–H and O–H groups in total. The Morgan fingerprint density at radius 3 is 1.19 bits per heavy atom. The van der Waals surface area contributed by atoms with Gasteiger partial charge in [-0.1, -0.05) is 0 Å². The zero-order chi connectivity index (χ0) is 27.0. The van der Waals surface area contributed by atoms with Gasteiger partial charge in [0.15, 0.2) is 25.2 Å². The molecule has 216 valence electrons. The topological polar surface area (TPSA) is 267 Å². The summed E-state index contributed by atoms with van der Waals surface area (Å²) >= 11 is 0. The average Bonchev–Trinajstić information content (AvgIpc) is 2.88. The van der Waals surface area contributed by atoms with Crippen molar-refractivity contribution < 1.29 is 84.2 Å². The van der Waals surface area contributed by atoms with Crippen molar-refractivity contribution in [1.29, 1.82) is 0 Å². The van der Waals surface area contributed by atoms with Crippen LogP contribution in [0.3, 0.4) is 0 Å². The summed E-state index contributed by atoms with van der Waals surface area (Å²) in [6, 6.07) is 0. The van der Waals surface area contributed by atoms with Gasteiger partial charge in [0.25, 0.3) is 0 Å². The van der Waals surface area contributed by atoms with Crippen molar-refractivity contribution in [2.75, 3.05) is 26.4 Å². The van der Waals surface area contributed by atoms with E-state index < -0.39 is 98.4 Å². The lowest BCUT2D eigenvalue weighted by Crippen LogP contribution is -2.62. The van der Waals surface area contributed by atoms with Crippen LogP contribution < -0.4 is 0 Å². The van der Waals surface area contributed by atoms with Crippen molar-refractivity contribution in [2.45, 2.75) is 98.4 Å². The smallest absolute Gasteiger partial charge is 0.186 e. The van der Waals surface area contributed by atoms with E-state index in [1.54, 1.807) is 0 Å². The number of hydrogen-bond acceptors (Lipinski definition) is 17. The minimum atomic E-state index is -1.71. The Bertz CT molecular complexity index is 673. The molecule has 0 bridgehead atoms. The van der Waals surface area contributed by atoms with Crippen LogP contribution in [0.1, 0.15) is 0 Å². The predicted octanol–water partition coefficient (Wildman–Crippen LogP) is -7.19. The highest BCUT2D eigenvalue weighted by Gasteiger charge is 2.49. The second-order valence-electron chi connectivity index (χ2n) is 9.34. The predicted molar refractivity (Wildman–Crippen MR) is 110 cm³/mol. The molecule has 4 fully saturated rings. The minimum absolute atomic E-state index is 0.326. The summed E-state index contributed by atoms with van der Waals surface area (Å²) in [5.74, 6) is 0. The molecule has 4 aliphatic heterocycles. The van der Waals surface area contributed by atoms with Crippen LogP contribution in [0.5, 0.6) is 0 Å². The molecule has 0 aromatic rings. The van der Waals surface area contributed by atoms with Crippen LogP contribution >= 0.6 is 0 Å². The molecule has 4 unspecified atom stereocenters. The van der Waals surface area contributed by atoms with E-state index in [1.165, 1.54) is 0 Å². The lowest BCUT2D eigenvalue weighted by atomic mass is 10.0. The number of hydrogen-bond donors (Lipinski definition) is 10. The van der Waals surface area contributed by atoms with Gasteiger partial charge in [-0.05, 0) is 0 Å². The summed E-state index contributed by atoms with van der Waals surface area (Å²) in [6.45, 7) is -1.39. The second-order valence-corrected chi connectivity index (χ2v) is 9.34. The van der Waals surface area contributed by atoms with Gasteiger partial charge in [-0.15, -0.1) is 0 Å². The van der Waals surface area contributed by atoms with Crippen LogP contribution in [-0.4, -0.2) is 176 Å². The Balaban J connectivity index is 1.27. The van der Waals surface area contributed by atoms with E-state index in [9.17, 15) is 51.1 Å². The molecule has 0 amide bonds. The zero-order valence-electron chi connectivity index (χ0n) is 19.4. The molecule has 0 aromatic heterocycles. The number of rotatable bonds is 6. The largest absolute Gasteiger partial charge is 0.388 e. The molecule has 4 aliphatic rings. The first-order chi connectivity index (χ1) is 17.5. The van der Waals surface area contributed by atoms with Gasteiger partial charge in [0.1, 0.15) is 73.2 Å². The molecule has 0 saturated carbocycles. The van der Waals surface area contributed by atoms with Crippen molar-refractivity contribution >= 4 is 0 Å². The average molecular weight is 546 g/mol. The fourth-order valence-corrected chi connectivity index (χ4v) is 4.33. The van der Waals surface area contributed by atoms with Gasteiger partial charge in [0.05, 0.1) is 26.4 Å². The SMILES string of the molecule is OC1[C@H](O[C@@H]2CO[C@H](O[C@@H]3CO[C@@H](O[C@@H]4CO[C@@H](O)C(O)[C@H]4O)C(O)[C@H]3O)C(O)[C@H]2O)OC[C@@H](O)[C@@H]1O. The summed E-state index contributed by atoms with van der Waals surface area (Å²) in [7, 11) is 0. The van der Waals surface area contributed by atoms with Crippen LogP contribution in [-0.2, 0) is 33.2 Å². The van der Waals surface area contributed by atoms with Crippen LogP contribution in [0.4, 0.5) is 0 Å². The highest BCUT2D eigenvalue weighted by molar-refractivity contribution is 4.91. The van der Waals surface area contributed by atoms with Gasteiger partial charge in [-0.2, -0.15) is 0 Å². The molecule has 0 aromatic carbocycles. The van der Waals surface area contributed by atoms with E-state index in [1.807, 2.05) is 0 Å². The van der Waals surface area contributed by atoms with Crippen LogP contribution in [0.2, 0.25) is 0 Å². The summed E-state index contributed by atoms with van der Waals surface area (Å²) < 4.78 is 37.0. The van der Waals surface area contributed by atoms with Gasteiger partial charge in [0, 0.05) is 0 Å². The van der Waals surface area contributed by atoms with Gasteiger partial charge in [0.2, 0.25) is 0 Å². The lowest BCUT2D eigenvalue weighted by molar-refractivity contribution is -0.356. The molecule has 4 saturated heterocycles. The van der Waals surface area contributed by atoms with Crippen LogP contribution in [0.15, 0.2) is 0 Å². The van der Waals surface area contributed by atoms with E-state index in [0.717, 1.165) is 0 Å². The first-order valence-electron chi connectivity index (χ1n) is 11.7. The van der Waals surface area contributed by atoms with Crippen molar-refractivity contribution in [2.24, 2.45) is 0 Å². The molecular formula is C20H34O17. The molecular weight excluding hydrogens is 512 g/mol. The van der Waals surface area contributed by atoms with Crippen LogP contribution in [0, 0.1) is 0 Å². The molecule has 4 heterocycles. The quantitative estimate of drug-likeness (QED) is 0.148. The molecule has 17 nitrogen and oxygen atoms in total. The first kappa shape index (κ1) is 29.3. The van der Waals surface area contributed by atoms with Gasteiger partial charge >= 0.3 is 0 Å². The highest BCUT2D eigenvalue weighted by Crippen LogP contribution is 2.28. The Morgan fingerprint density at radius 1 is 0.378 bits per heavy atom. The van der Waals surface area contributed by atoms with Gasteiger partial charge in [-0.25, -0.2) is 0 Å². The summed E-state index contributed by atoms with van der Waals surface area (Å²) in [5, 5.41) is 100. The maximum atomic E-state index is 10.5. The second kappa shape index (κ2) is 12.2. The molecule has 37 heavy (non-hydrogen) atoms. The van der Waals surface area contributed by atoms with Crippen LogP contribution in [0.25, 0.3) is 0 Å². The van der Waals surface area contributed by atoms with Crippen molar-refractivity contribution in [3.8, 4) is 0 Å². The minimum Gasteiger partial charge on any atom is -0.388 e. The Kier molecular flexibility index (Phi) is 9.69. The fourth-order valence-electron chi connectivity index (χ4n) is 4.33. The molecule has 16 atom stereocenters. The number of aliphatic hydroxyl groups excluding tert-OH is 10. The molecule has 4 rings (SSSR count). The van der Waals surface area contributed by atoms with Crippen molar-refractivity contribution in [3.05, 3.63) is 0 Å². The van der Waals surface area contributed by atoms with E-state index in [-0.39, 0.29) is 26.4 Å². The van der Waals surface area contributed by atoms with E-state index in [0.29, 0.717) is 0 Å². The summed E-state index contributed by atoms with van der Waals surface area (Å²) in [5.41, 5.74) is 0. The maximum absolute atomic E-state index is 10.5. The lowest BCUT2D eigenvalue weighted by Gasteiger charge is -2.44. The third-order valence-corrected chi connectivity index (χ3v) is 6.70. The maximum Gasteiger partial charge on any atom is 0.186 e. The molecule has 0 spiro atoms. The van der Waals surface area contributed by atoms with E-state index in [4.69, 9.17) is 33.2 Å². The van der Waals surface area contributed by atoms with E-state index >= 15 is 0 Å².